The number of thioether (sulfide) groups is 1. The first kappa shape index (κ1) is 16.6. The second kappa shape index (κ2) is 6.97. The molecule has 0 heterocycles. The van der Waals surface area contributed by atoms with Crippen LogP contribution in [-0.2, 0) is 11.5 Å². The number of nitrogens with zero attached hydrogens (tertiary/aromatic N) is 2. The van der Waals surface area contributed by atoms with Crippen LogP contribution in [0.4, 0.5) is 22.7 Å². The van der Waals surface area contributed by atoms with Crippen molar-refractivity contribution in [3.63, 3.8) is 0 Å². The standard InChI is InChI=1S/C14H14N4O4S/c15-11-3-1-9(5-13(11)17(19)20)7-23-8-10-2-4-12(16)14(6-10)18(21)22/h1-6H,7-8,15-16H2. The Morgan fingerprint density at radius 3 is 1.57 bits per heavy atom. The van der Waals surface area contributed by atoms with Crippen LogP contribution in [0.2, 0.25) is 0 Å². The van der Waals surface area contributed by atoms with Gasteiger partial charge in [-0.25, -0.2) is 0 Å². The molecule has 0 aliphatic heterocycles. The average molecular weight is 334 g/mol. The number of nitro benzene ring substituents is 2. The number of rotatable bonds is 6. The number of hydrogen-bond acceptors (Lipinski definition) is 7. The van der Waals surface area contributed by atoms with E-state index in [-0.39, 0.29) is 22.7 Å². The summed E-state index contributed by atoms with van der Waals surface area (Å²) in [5.41, 5.74) is 12.6. The van der Waals surface area contributed by atoms with Gasteiger partial charge < -0.3 is 11.5 Å². The number of nitro groups is 2. The number of nitrogens with two attached hydrogens (primary N) is 2. The molecule has 9 heteroatoms. The van der Waals surface area contributed by atoms with E-state index in [4.69, 9.17) is 11.5 Å². The van der Waals surface area contributed by atoms with Gasteiger partial charge in [0, 0.05) is 23.6 Å². The van der Waals surface area contributed by atoms with Gasteiger partial charge >= 0.3 is 0 Å². The minimum Gasteiger partial charge on any atom is -0.393 e. The van der Waals surface area contributed by atoms with E-state index < -0.39 is 9.85 Å². The maximum atomic E-state index is 10.8. The molecular weight excluding hydrogens is 320 g/mol. The Balaban J connectivity index is 2.03. The lowest BCUT2D eigenvalue weighted by Gasteiger charge is -2.05. The Kier molecular flexibility index (Phi) is 5.02. The van der Waals surface area contributed by atoms with Gasteiger partial charge in [0.05, 0.1) is 9.85 Å². The van der Waals surface area contributed by atoms with Gasteiger partial charge in [-0.05, 0) is 23.3 Å². The summed E-state index contributed by atoms with van der Waals surface area (Å²) in [6, 6.07) is 9.33. The summed E-state index contributed by atoms with van der Waals surface area (Å²) in [4.78, 5) is 20.6. The molecule has 2 aromatic rings. The van der Waals surface area contributed by atoms with Crippen LogP contribution in [0, 0.1) is 20.2 Å². The van der Waals surface area contributed by atoms with Crippen LogP contribution in [0.5, 0.6) is 0 Å². The molecule has 0 saturated carbocycles. The van der Waals surface area contributed by atoms with Crippen LogP contribution in [0.3, 0.4) is 0 Å². The van der Waals surface area contributed by atoms with E-state index >= 15 is 0 Å². The van der Waals surface area contributed by atoms with E-state index in [1.165, 1.54) is 36.0 Å². The molecule has 23 heavy (non-hydrogen) atoms. The Morgan fingerprint density at radius 2 is 1.22 bits per heavy atom. The van der Waals surface area contributed by atoms with Crippen LogP contribution in [0.25, 0.3) is 0 Å². The van der Waals surface area contributed by atoms with Crippen molar-refractivity contribution >= 4 is 34.5 Å². The molecule has 0 unspecified atom stereocenters. The van der Waals surface area contributed by atoms with E-state index in [0.717, 1.165) is 11.1 Å². The molecule has 0 spiro atoms. The van der Waals surface area contributed by atoms with E-state index in [0.29, 0.717) is 11.5 Å². The van der Waals surface area contributed by atoms with Crippen LogP contribution >= 0.6 is 11.8 Å². The zero-order valence-corrected chi connectivity index (χ0v) is 12.8. The molecule has 0 bridgehead atoms. The summed E-state index contributed by atoms with van der Waals surface area (Å²) in [5, 5.41) is 21.7. The Morgan fingerprint density at radius 1 is 0.826 bits per heavy atom. The van der Waals surface area contributed by atoms with Gasteiger partial charge in [0.15, 0.2) is 0 Å². The monoisotopic (exact) mass is 334 g/mol. The first-order chi connectivity index (χ1) is 10.9. The van der Waals surface area contributed by atoms with Crippen LogP contribution < -0.4 is 11.5 Å². The Hall–Kier alpha value is -2.81. The highest BCUT2D eigenvalue weighted by atomic mass is 32.2. The molecule has 120 valence electrons. The van der Waals surface area contributed by atoms with Crippen molar-refractivity contribution in [2.24, 2.45) is 0 Å². The molecule has 2 aromatic carbocycles. The number of benzene rings is 2. The SMILES string of the molecule is Nc1ccc(CSCc2ccc(N)c([N+](=O)[O-])c2)cc1[N+](=O)[O-]. The third-order valence-corrected chi connectivity index (χ3v) is 4.20. The third-order valence-electron chi connectivity index (χ3n) is 3.12. The van der Waals surface area contributed by atoms with Crippen LogP contribution in [-0.4, -0.2) is 9.85 Å². The molecule has 0 radical (unpaired) electrons. The summed E-state index contributed by atoms with van der Waals surface area (Å²) in [6.45, 7) is 0. The summed E-state index contributed by atoms with van der Waals surface area (Å²) >= 11 is 1.49. The van der Waals surface area contributed by atoms with Crippen LogP contribution in [0.15, 0.2) is 36.4 Å². The highest BCUT2D eigenvalue weighted by Crippen LogP contribution is 2.28. The van der Waals surface area contributed by atoms with Gasteiger partial charge in [0.25, 0.3) is 11.4 Å². The molecule has 0 atom stereocenters. The van der Waals surface area contributed by atoms with Gasteiger partial charge in [0.1, 0.15) is 11.4 Å². The highest BCUT2D eigenvalue weighted by Gasteiger charge is 2.13. The van der Waals surface area contributed by atoms with Gasteiger partial charge in [0.2, 0.25) is 0 Å². The number of nitrogen functional groups attached to an aromatic ring is 2. The predicted octanol–water partition coefficient (Wildman–Crippen LogP) is 3.10. The highest BCUT2D eigenvalue weighted by molar-refractivity contribution is 7.97. The molecule has 4 N–H and O–H groups in total. The van der Waals surface area contributed by atoms with Crippen molar-refractivity contribution in [3.05, 3.63) is 67.8 Å². The smallest absolute Gasteiger partial charge is 0.292 e. The largest absolute Gasteiger partial charge is 0.393 e. The van der Waals surface area contributed by atoms with Crippen molar-refractivity contribution < 1.29 is 9.85 Å². The lowest BCUT2D eigenvalue weighted by Crippen LogP contribution is -1.97. The quantitative estimate of drug-likeness (QED) is 0.470. The molecule has 0 aliphatic carbocycles. The van der Waals surface area contributed by atoms with Crippen molar-refractivity contribution in [1.29, 1.82) is 0 Å². The lowest BCUT2D eigenvalue weighted by atomic mass is 10.2. The molecule has 0 amide bonds. The van der Waals surface area contributed by atoms with Crippen molar-refractivity contribution in [2.75, 3.05) is 11.5 Å². The molecule has 0 aromatic heterocycles. The Labute approximate surface area is 135 Å². The van der Waals surface area contributed by atoms with Crippen molar-refractivity contribution in [2.45, 2.75) is 11.5 Å². The summed E-state index contributed by atoms with van der Waals surface area (Å²) in [7, 11) is 0. The molecule has 0 saturated heterocycles. The third kappa shape index (κ3) is 4.10. The summed E-state index contributed by atoms with van der Waals surface area (Å²) in [6.07, 6.45) is 0. The fourth-order valence-corrected chi connectivity index (χ4v) is 2.89. The second-order valence-corrected chi connectivity index (χ2v) is 5.78. The first-order valence-electron chi connectivity index (χ1n) is 6.52. The zero-order chi connectivity index (χ0) is 17.0. The predicted molar refractivity (Wildman–Crippen MR) is 90.0 cm³/mol. The van der Waals surface area contributed by atoms with E-state index in [2.05, 4.69) is 0 Å². The van der Waals surface area contributed by atoms with Crippen LogP contribution in [0.1, 0.15) is 11.1 Å². The van der Waals surface area contributed by atoms with E-state index in [1.807, 2.05) is 0 Å². The molecule has 2 rings (SSSR count). The molecule has 0 aliphatic rings. The topological polar surface area (TPSA) is 138 Å². The normalized spacial score (nSPS) is 10.4. The molecular formula is C14H14N4O4S. The van der Waals surface area contributed by atoms with Gasteiger partial charge in [-0.15, -0.1) is 0 Å². The molecule has 8 nitrogen and oxygen atoms in total. The van der Waals surface area contributed by atoms with E-state index in [9.17, 15) is 20.2 Å². The fraction of sp³-hybridized carbons (Fsp3) is 0.143. The number of anilines is 2. The maximum Gasteiger partial charge on any atom is 0.292 e. The average Bonchev–Trinajstić information content (AvgIpc) is 2.50. The van der Waals surface area contributed by atoms with Crippen molar-refractivity contribution in [3.8, 4) is 0 Å². The second-order valence-electron chi connectivity index (χ2n) is 4.79. The molecule has 0 fully saturated rings. The lowest BCUT2D eigenvalue weighted by molar-refractivity contribution is -0.384. The van der Waals surface area contributed by atoms with Gasteiger partial charge in [-0.1, -0.05) is 12.1 Å². The van der Waals surface area contributed by atoms with E-state index in [1.54, 1.807) is 12.1 Å². The fourth-order valence-electron chi connectivity index (χ4n) is 1.96. The summed E-state index contributed by atoms with van der Waals surface area (Å²) < 4.78 is 0. The summed E-state index contributed by atoms with van der Waals surface area (Å²) in [5.74, 6) is 1.05. The van der Waals surface area contributed by atoms with Crippen molar-refractivity contribution in [1.82, 2.24) is 0 Å². The zero-order valence-electron chi connectivity index (χ0n) is 12.0. The van der Waals surface area contributed by atoms with Gasteiger partial charge in [-0.2, -0.15) is 11.8 Å². The maximum absolute atomic E-state index is 10.8. The van der Waals surface area contributed by atoms with Gasteiger partial charge in [-0.3, -0.25) is 20.2 Å². The first-order valence-corrected chi connectivity index (χ1v) is 7.67. The Bertz CT molecular complexity index is 703. The number of hydrogen-bond donors (Lipinski definition) is 2. The minimum atomic E-state index is -0.521. The minimum absolute atomic E-state index is 0.119.